The van der Waals surface area contributed by atoms with Crippen molar-refractivity contribution >= 4 is 40.9 Å². The molecule has 1 heterocycles. The van der Waals surface area contributed by atoms with Crippen LogP contribution in [0.25, 0.3) is 0 Å². The Labute approximate surface area is 184 Å². The number of pyridine rings is 1. The van der Waals surface area contributed by atoms with E-state index in [2.05, 4.69) is 10.6 Å². The first-order chi connectivity index (χ1) is 14.3. The number of thioether (sulfide) groups is 1. The molecule has 10 heteroatoms. The summed E-state index contributed by atoms with van der Waals surface area (Å²) < 4.78 is 6.87. The van der Waals surface area contributed by atoms with Crippen LogP contribution in [0.5, 0.6) is 5.75 Å². The lowest BCUT2D eigenvalue weighted by Crippen LogP contribution is -2.34. The SMILES string of the molecule is CCNC(=O)COc1ccc(Cl)cc1CNC(=O)Cn1c(C)cc(SC)c(N)c1=O. The predicted octanol–water partition coefficient (Wildman–Crippen LogP) is 1.95. The predicted molar refractivity (Wildman–Crippen MR) is 119 cm³/mol. The molecule has 0 spiro atoms. The van der Waals surface area contributed by atoms with Gasteiger partial charge in [-0.3, -0.25) is 14.4 Å². The van der Waals surface area contributed by atoms with E-state index in [1.807, 2.05) is 13.2 Å². The van der Waals surface area contributed by atoms with E-state index in [-0.39, 0.29) is 37.2 Å². The zero-order valence-corrected chi connectivity index (χ0v) is 18.7. The zero-order chi connectivity index (χ0) is 22.3. The average molecular weight is 453 g/mol. The van der Waals surface area contributed by atoms with Crippen LogP contribution >= 0.6 is 23.4 Å². The minimum atomic E-state index is -0.400. The third-order valence-corrected chi connectivity index (χ3v) is 5.27. The Balaban J connectivity index is 2.08. The van der Waals surface area contributed by atoms with Crippen LogP contribution in [0.2, 0.25) is 5.02 Å². The number of ether oxygens (including phenoxy) is 1. The maximum absolute atomic E-state index is 12.4. The molecule has 0 saturated heterocycles. The molecule has 2 rings (SSSR count). The largest absolute Gasteiger partial charge is 0.483 e. The number of carbonyl (C=O) groups is 2. The summed E-state index contributed by atoms with van der Waals surface area (Å²) in [6.45, 7) is 3.88. The number of benzene rings is 1. The van der Waals surface area contributed by atoms with E-state index in [0.717, 1.165) is 0 Å². The van der Waals surface area contributed by atoms with Crippen molar-refractivity contribution in [2.45, 2.75) is 31.8 Å². The zero-order valence-electron chi connectivity index (χ0n) is 17.1. The van der Waals surface area contributed by atoms with Gasteiger partial charge in [0.1, 0.15) is 18.0 Å². The Morgan fingerprint density at radius 3 is 2.63 bits per heavy atom. The van der Waals surface area contributed by atoms with E-state index >= 15 is 0 Å². The van der Waals surface area contributed by atoms with Crippen molar-refractivity contribution in [1.82, 2.24) is 15.2 Å². The number of rotatable bonds is 9. The summed E-state index contributed by atoms with van der Waals surface area (Å²) in [6, 6.07) is 6.70. The Morgan fingerprint density at radius 1 is 1.23 bits per heavy atom. The third-order valence-electron chi connectivity index (χ3n) is 4.26. The van der Waals surface area contributed by atoms with Gasteiger partial charge in [-0.25, -0.2) is 0 Å². The molecular formula is C20H25ClN4O4S. The lowest BCUT2D eigenvalue weighted by molar-refractivity contribution is -0.123. The second-order valence-electron chi connectivity index (χ2n) is 6.43. The van der Waals surface area contributed by atoms with Crippen molar-refractivity contribution in [1.29, 1.82) is 0 Å². The molecule has 0 bridgehead atoms. The summed E-state index contributed by atoms with van der Waals surface area (Å²) in [7, 11) is 0. The molecular weight excluding hydrogens is 428 g/mol. The fourth-order valence-electron chi connectivity index (χ4n) is 2.73. The smallest absolute Gasteiger partial charge is 0.275 e. The molecule has 0 aliphatic rings. The number of hydrogen-bond acceptors (Lipinski definition) is 6. The number of carbonyl (C=O) groups excluding carboxylic acids is 2. The van der Waals surface area contributed by atoms with Crippen LogP contribution in [0.3, 0.4) is 0 Å². The summed E-state index contributed by atoms with van der Waals surface area (Å²) in [5, 5.41) is 5.86. The number of halogens is 1. The highest BCUT2D eigenvalue weighted by Crippen LogP contribution is 2.23. The number of nitrogens with zero attached hydrogens (tertiary/aromatic N) is 1. The first-order valence-corrected chi connectivity index (χ1v) is 10.9. The Bertz CT molecular complexity index is 994. The van der Waals surface area contributed by atoms with Gasteiger partial charge in [0.25, 0.3) is 11.5 Å². The Hall–Kier alpha value is -2.65. The highest BCUT2D eigenvalue weighted by molar-refractivity contribution is 7.98. The molecule has 30 heavy (non-hydrogen) atoms. The second kappa shape index (κ2) is 10.9. The quantitative estimate of drug-likeness (QED) is 0.501. The molecule has 0 fully saturated rings. The number of nitrogens with two attached hydrogens (primary N) is 1. The highest BCUT2D eigenvalue weighted by atomic mass is 35.5. The van der Waals surface area contributed by atoms with Gasteiger partial charge in [-0.1, -0.05) is 11.6 Å². The van der Waals surface area contributed by atoms with Gasteiger partial charge >= 0.3 is 0 Å². The van der Waals surface area contributed by atoms with E-state index in [0.29, 0.717) is 33.5 Å². The number of nitrogens with one attached hydrogen (secondary N) is 2. The van der Waals surface area contributed by atoms with E-state index < -0.39 is 5.56 Å². The van der Waals surface area contributed by atoms with Crippen molar-refractivity contribution < 1.29 is 14.3 Å². The molecule has 4 N–H and O–H groups in total. The van der Waals surface area contributed by atoms with Crippen LogP contribution in [-0.4, -0.2) is 35.8 Å². The molecule has 2 amide bonds. The number of nitrogen functional groups attached to an aromatic ring is 1. The minimum absolute atomic E-state index is 0.121. The van der Waals surface area contributed by atoms with E-state index in [1.165, 1.54) is 16.3 Å². The topological polar surface area (TPSA) is 115 Å². The Kier molecular flexibility index (Phi) is 8.61. The van der Waals surface area contributed by atoms with E-state index in [4.69, 9.17) is 22.1 Å². The normalized spacial score (nSPS) is 10.5. The molecule has 0 aliphatic heterocycles. The number of anilines is 1. The maximum atomic E-state index is 12.4. The molecule has 0 saturated carbocycles. The standard InChI is InChI=1S/C20H25ClN4O4S/c1-4-23-18(27)11-29-15-6-5-14(21)8-13(15)9-24-17(26)10-25-12(2)7-16(30-3)19(22)20(25)28/h5-8H,4,9-11,22H2,1-3H3,(H,23,27)(H,24,26). The molecule has 0 atom stereocenters. The summed E-state index contributed by atoms with van der Waals surface area (Å²) >= 11 is 7.43. The minimum Gasteiger partial charge on any atom is -0.483 e. The van der Waals surface area contributed by atoms with Crippen molar-refractivity contribution in [2.24, 2.45) is 0 Å². The van der Waals surface area contributed by atoms with Crippen LogP contribution in [-0.2, 0) is 22.7 Å². The first-order valence-electron chi connectivity index (χ1n) is 9.25. The molecule has 162 valence electrons. The van der Waals surface area contributed by atoms with Crippen LogP contribution in [0.4, 0.5) is 5.69 Å². The molecule has 0 aliphatic carbocycles. The summed E-state index contributed by atoms with van der Waals surface area (Å²) in [5.41, 5.74) is 6.85. The molecule has 1 aromatic carbocycles. The van der Waals surface area contributed by atoms with Crippen molar-refractivity contribution in [3.8, 4) is 5.75 Å². The number of likely N-dealkylation sites (N-methyl/N-ethyl adjacent to an activating group) is 1. The van der Waals surface area contributed by atoms with Gasteiger partial charge in [-0.15, -0.1) is 11.8 Å². The summed E-state index contributed by atoms with van der Waals surface area (Å²) in [6.07, 6.45) is 1.83. The fourth-order valence-corrected chi connectivity index (χ4v) is 3.52. The van der Waals surface area contributed by atoms with Crippen molar-refractivity contribution in [3.63, 3.8) is 0 Å². The summed E-state index contributed by atoms with van der Waals surface area (Å²) in [4.78, 5) is 37.2. The van der Waals surface area contributed by atoms with Crippen molar-refractivity contribution in [2.75, 3.05) is 25.1 Å². The third kappa shape index (κ3) is 6.17. The number of aromatic nitrogens is 1. The fraction of sp³-hybridized carbons (Fsp3) is 0.350. The highest BCUT2D eigenvalue weighted by Gasteiger charge is 2.14. The lowest BCUT2D eigenvalue weighted by Gasteiger charge is -2.15. The maximum Gasteiger partial charge on any atom is 0.275 e. The average Bonchev–Trinajstić information content (AvgIpc) is 2.71. The molecule has 0 unspecified atom stereocenters. The molecule has 0 radical (unpaired) electrons. The van der Waals surface area contributed by atoms with Crippen LogP contribution < -0.4 is 26.7 Å². The number of aryl methyl sites for hydroxylation is 1. The van der Waals surface area contributed by atoms with Crippen LogP contribution in [0.15, 0.2) is 34.0 Å². The number of hydrogen-bond donors (Lipinski definition) is 3. The van der Waals surface area contributed by atoms with E-state index in [9.17, 15) is 14.4 Å². The Morgan fingerprint density at radius 2 is 1.97 bits per heavy atom. The van der Waals surface area contributed by atoms with Gasteiger partial charge in [0, 0.05) is 34.3 Å². The second-order valence-corrected chi connectivity index (χ2v) is 7.71. The number of amides is 2. The molecule has 2 aromatic rings. The van der Waals surface area contributed by atoms with Gasteiger partial charge in [0.15, 0.2) is 6.61 Å². The monoisotopic (exact) mass is 452 g/mol. The van der Waals surface area contributed by atoms with Gasteiger partial charge in [-0.05, 0) is 44.4 Å². The van der Waals surface area contributed by atoms with Gasteiger partial charge in [0.2, 0.25) is 5.91 Å². The summed E-state index contributed by atoms with van der Waals surface area (Å²) in [5.74, 6) is -0.178. The van der Waals surface area contributed by atoms with Crippen molar-refractivity contribution in [3.05, 3.63) is 50.9 Å². The molecule has 1 aromatic heterocycles. The molecule has 8 nitrogen and oxygen atoms in total. The first kappa shape index (κ1) is 23.6. The lowest BCUT2D eigenvalue weighted by atomic mass is 10.2. The van der Waals surface area contributed by atoms with Gasteiger partial charge in [-0.2, -0.15) is 0 Å². The van der Waals surface area contributed by atoms with Crippen LogP contribution in [0, 0.1) is 6.92 Å². The van der Waals surface area contributed by atoms with Crippen LogP contribution in [0.1, 0.15) is 18.2 Å². The van der Waals surface area contributed by atoms with Gasteiger partial charge in [0.05, 0.1) is 0 Å². The van der Waals surface area contributed by atoms with E-state index in [1.54, 1.807) is 31.2 Å². The van der Waals surface area contributed by atoms with Gasteiger partial charge < -0.3 is 25.7 Å².